The van der Waals surface area contributed by atoms with Crippen LogP contribution >= 0.6 is 0 Å². The van der Waals surface area contributed by atoms with E-state index in [-0.39, 0.29) is 5.92 Å². The Morgan fingerprint density at radius 2 is 2.14 bits per heavy atom. The topological polar surface area (TPSA) is 65.0 Å². The molecule has 0 aromatic carbocycles. The highest BCUT2D eigenvalue weighted by Gasteiger charge is 2.23. The van der Waals surface area contributed by atoms with Crippen molar-refractivity contribution in [3.8, 4) is 11.5 Å². The van der Waals surface area contributed by atoms with E-state index < -0.39 is 0 Å². The maximum Gasteiger partial charge on any atom is 0.261 e. The third-order valence-corrected chi connectivity index (χ3v) is 4.31. The van der Waals surface area contributed by atoms with E-state index in [1.165, 1.54) is 18.4 Å². The molecule has 22 heavy (non-hydrogen) atoms. The van der Waals surface area contributed by atoms with E-state index in [0.29, 0.717) is 11.7 Å². The summed E-state index contributed by atoms with van der Waals surface area (Å²) in [5, 5.41) is 4.14. The molecule has 0 radical (unpaired) electrons. The zero-order chi connectivity index (χ0) is 14.9. The third kappa shape index (κ3) is 2.22. The van der Waals surface area contributed by atoms with Gasteiger partial charge >= 0.3 is 0 Å². The van der Waals surface area contributed by atoms with Gasteiger partial charge in [-0.15, -0.1) is 0 Å². The summed E-state index contributed by atoms with van der Waals surface area (Å²) in [5.74, 6) is 2.35. The molecule has 1 aliphatic carbocycles. The Morgan fingerprint density at radius 3 is 3.00 bits per heavy atom. The Morgan fingerprint density at radius 1 is 1.23 bits per heavy atom. The molecule has 1 atom stereocenters. The fourth-order valence-electron chi connectivity index (χ4n) is 2.97. The van der Waals surface area contributed by atoms with Crippen molar-refractivity contribution in [1.82, 2.24) is 15.1 Å². The van der Waals surface area contributed by atoms with Crippen molar-refractivity contribution in [3.63, 3.8) is 0 Å². The third-order valence-electron chi connectivity index (χ3n) is 4.31. The number of aromatic nitrogens is 3. The van der Waals surface area contributed by atoms with Crippen LogP contribution in [0, 0.1) is 0 Å². The molecular weight excluding hydrogens is 278 g/mol. The smallest absolute Gasteiger partial charge is 0.261 e. The van der Waals surface area contributed by atoms with E-state index in [2.05, 4.69) is 22.0 Å². The quantitative estimate of drug-likeness (QED) is 0.736. The van der Waals surface area contributed by atoms with Gasteiger partial charge in [0.2, 0.25) is 0 Å². The van der Waals surface area contributed by atoms with E-state index >= 15 is 0 Å². The average molecular weight is 295 g/mol. The predicted molar refractivity (Wildman–Crippen MR) is 80.4 cm³/mol. The number of pyridine rings is 1. The minimum atomic E-state index is 0.0499. The van der Waals surface area contributed by atoms with Crippen LogP contribution < -0.4 is 0 Å². The van der Waals surface area contributed by atoms with Crippen molar-refractivity contribution in [1.29, 1.82) is 0 Å². The molecule has 4 rings (SSSR count). The van der Waals surface area contributed by atoms with Crippen molar-refractivity contribution in [2.45, 2.75) is 38.5 Å². The van der Waals surface area contributed by atoms with E-state index in [9.17, 15) is 0 Å². The lowest BCUT2D eigenvalue weighted by Crippen LogP contribution is -2.00. The first-order valence-electron chi connectivity index (χ1n) is 7.66. The number of aryl methyl sites for hydroxylation is 1. The molecular formula is C17H17N3O2. The summed E-state index contributed by atoms with van der Waals surface area (Å²) in [6.07, 6.45) is 9.75. The first-order valence-corrected chi connectivity index (χ1v) is 7.66. The molecule has 0 saturated carbocycles. The molecule has 3 aromatic rings. The summed E-state index contributed by atoms with van der Waals surface area (Å²) in [6.45, 7) is 2.05. The van der Waals surface area contributed by atoms with Crippen LogP contribution in [0.2, 0.25) is 0 Å². The summed E-state index contributed by atoms with van der Waals surface area (Å²) >= 11 is 0. The summed E-state index contributed by atoms with van der Waals surface area (Å²) in [5.41, 5.74) is 3.26. The Balaban J connectivity index is 1.66. The van der Waals surface area contributed by atoms with Crippen molar-refractivity contribution >= 4 is 0 Å². The van der Waals surface area contributed by atoms with E-state index in [0.717, 1.165) is 29.7 Å². The molecule has 0 amide bonds. The van der Waals surface area contributed by atoms with Crippen molar-refractivity contribution < 1.29 is 8.94 Å². The molecule has 0 spiro atoms. The maximum absolute atomic E-state index is 5.66. The van der Waals surface area contributed by atoms with Gasteiger partial charge in [-0.3, -0.25) is 4.98 Å². The van der Waals surface area contributed by atoms with Crippen LogP contribution in [0.15, 0.2) is 39.7 Å². The second kappa shape index (κ2) is 5.40. The predicted octanol–water partition coefficient (Wildman–Crippen LogP) is 3.76. The number of fused-ring (bicyclic) bond motifs is 1. The molecule has 0 fully saturated rings. The standard InChI is InChI=1S/C17H17N3O2/c1-11(12-5-4-8-18-9-12)16-19-17(22-20-16)14-10-21-15-7-3-2-6-13(14)15/h4-5,8-11H,2-3,6-7H2,1H3. The van der Waals surface area contributed by atoms with Gasteiger partial charge in [-0.25, -0.2) is 0 Å². The highest BCUT2D eigenvalue weighted by Crippen LogP contribution is 2.33. The Hall–Kier alpha value is -2.43. The Kier molecular flexibility index (Phi) is 3.25. The molecule has 3 aromatic heterocycles. The monoisotopic (exact) mass is 295 g/mol. The van der Waals surface area contributed by atoms with Crippen LogP contribution in [0.5, 0.6) is 0 Å². The first-order chi connectivity index (χ1) is 10.8. The van der Waals surface area contributed by atoms with Crippen LogP contribution in [0.4, 0.5) is 0 Å². The molecule has 5 nitrogen and oxygen atoms in total. The Labute approximate surface area is 128 Å². The summed E-state index contributed by atoms with van der Waals surface area (Å²) in [6, 6.07) is 3.94. The second-order valence-electron chi connectivity index (χ2n) is 5.72. The molecule has 1 aliphatic rings. The van der Waals surface area contributed by atoms with Gasteiger partial charge in [0.15, 0.2) is 5.82 Å². The van der Waals surface area contributed by atoms with Gasteiger partial charge in [0.1, 0.15) is 12.0 Å². The van der Waals surface area contributed by atoms with E-state index in [4.69, 9.17) is 8.94 Å². The largest absolute Gasteiger partial charge is 0.468 e. The number of rotatable bonds is 3. The fourth-order valence-corrected chi connectivity index (χ4v) is 2.97. The van der Waals surface area contributed by atoms with Gasteiger partial charge in [0.25, 0.3) is 5.89 Å². The van der Waals surface area contributed by atoms with Gasteiger partial charge in [-0.1, -0.05) is 18.1 Å². The molecule has 112 valence electrons. The van der Waals surface area contributed by atoms with Crippen molar-refractivity contribution in [3.05, 3.63) is 53.5 Å². The van der Waals surface area contributed by atoms with Crippen LogP contribution in [-0.4, -0.2) is 15.1 Å². The lowest BCUT2D eigenvalue weighted by molar-refractivity contribution is 0.419. The first kappa shape index (κ1) is 13.2. The van der Waals surface area contributed by atoms with Gasteiger partial charge < -0.3 is 8.94 Å². The molecule has 1 unspecified atom stereocenters. The summed E-state index contributed by atoms with van der Waals surface area (Å²) < 4.78 is 11.1. The normalized spacial score (nSPS) is 15.5. The summed E-state index contributed by atoms with van der Waals surface area (Å²) in [7, 11) is 0. The SMILES string of the molecule is CC(c1cccnc1)c1noc(-c2coc3c2CCCC3)n1. The lowest BCUT2D eigenvalue weighted by Gasteiger charge is -2.09. The van der Waals surface area contributed by atoms with E-state index in [1.807, 2.05) is 18.3 Å². The minimum absolute atomic E-state index is 0.0499. The lowest BCUT2D eigenvalue weighted by atomic mass is 9.95. The maximum atomic E-state index is 5.66. The minimum Gasteiger partial charge on any atom is -0.468 e. The van der Waals surface area contributed by atoms with Crippen molar-refractivity contribution in [2.24, 2.45) is 0 Å². The zero-order valence-electron chi connectivity index (χ0n) is 12.5. The van der Waals surface area contributed by atoms with Gasteiger partial charge in [0, 0.05) is 30.3 Å². The average Bonchev–Trinajstić information content (AvgIpc) is 3.21. The van der Waals surface area contributed by atoms with E-state index in [1.54, 1.807) is 12.5 Å². The number of hydrogen-bond donors (Lipinski definition) is 0. The molecule has 0 N–H and O–H groups in total. The molecule has 5 heteroatoms. The molecule has 3 heterocycles. The number of hydrogen-bond acceptors (Lipinski definition) is 5. The van der Waals surface area contributed by atoms with Gasteiger partial charge in [-0.05, 0) is 30.9 Å². The van der Waals surface area contributed by atoms with Crippen LogP contribution in [-0.2, 0) is 12.8 Å². The second-order valence-corrected chi connectivity index (χ2v) is 5.72. The van der Waals surface area contributed by atoms with Gasteiger partial charge in [0.05, 0.1) is 5.56 Å². The number of furan rings is 1. The van der Waals surface area contributed by atoms with Crippen LogP contribution in [0.3, 0.4) is 0 Å². The Bertz CT molecular complexity index is 776. The number of nitrogens with zero attached hydrogens (tertiary/aromatic N) is 3. The highest BCUT2D eigenvalue weighted by molar-refractivity contribution is 5.59. The summed E-state index contributed by atoms with van der Waals surface area (Å²) in [4.78, 5) is 8.72. The van der Waals surface area contributed by atoms with Crippen LogP contribution in [0.25, 0.3) is 11.5 Å². The van der Waals surface area contributed by atoms with Crippen molar-refractivity contribution in [2.75, 3.05) is 0 Å². The zero-order valence-corrected chi connectivity index (χ0v) is 12.5. The van der Waals surface area contributed by atoms with Gasteiger partial charge in [-0.2, -0.15) is 4.98 Å². The highest BCUT2D eigenvalue weighted by atomic mass is 16.5. The molecule has 0 saturated heterocycles. The fraction of sp³-hybridized carbons (Fsp3) is 0.353. The molecule has 0 bridgehead atoms. The van der Waals surface area contributed by atoms with Crippen LogP contribution in [0.1, 0.15) is 48.4 Å². The molecule has 0 aliphatic heterocycles.